The summed E-state index contributed by atoms with van der Waals surface area (Å²) in [5, 5.41) is 0. The fourth-order valence-corrected chi connectivity index (χ4v) is 0.978. The number of hydrogen-bond donors (Lipinski definition) is 1. The molecule has 1 aromatic rings. The molecule has 4 nitrogen and oxygen atoms in total. The average Bonchev–Trinajstić information content (AvgIpc) is 1.86. The molecule has 0 bridgehead atoms. The number of H-pyrrole nitrogens is 1. The molecule has 0 saturated carbocycles. The Morgan fingerprint density at radius 1 is 1.36 bits per heavy atom. The molecule has 0 amide bonds. The summed E-state index contributed by atoms with van der Waals surface area (Å²) in [5.41, 5.74) is -0.475. The number of nitrogens with one attached hydrogen (secondary N) is 1. The highest BCUT2D eigenvalue weighted by Gasteiger charge is 2.10. The van der Waals surface area contributed by atoms with E-state index in [9.17, 15) is 17.1 Å². The van der Waals surface area contributed by atoms with Crippen LogP contribution in [0.2, 0.25) is 0 Å². The first-order chi connectivity index (χ1) is 5.00. The van der Waals surface area contributed by atoms with E-state index in [2.05, 4.69) is 0 Å². The number of rotatable bonds is 1. The summed E-state index contributed by atoms with van der Waals surface area (Å²) >= 11 is 0. The van der Waals surface area contributed by atoms with Crippen LogP contribution in [0.5, 0.6) is 0 Å². The molecule has 11 heavy (non-hydrogen) atoms. The normalized spacial score (nSPS) is 11.4. The van der Waals surface area contributed by atoms with Gasteiger partial charge in [-0.3, -0.25) is 4.79 Å². The molecule has 0 aliphatic heterocycles. The lowest BCUT2D eigenvalue weighted by Crippen LogP contribution is -2.04. The predicted molar refractivity (Wildman–Crippen MR) is 35.4 cm³/mol. The van der Waals surface area contributed by atoms with Gasteiger partial charge < -0.3 is 4.98 Å². The molecule has 0 radical (unpaired) electrons. The largest absolute Gasteiger partial charge is 0.333 e. The number of hydrogen-bond acceptors (Lipinski definition) is 3. The summed E-state index contributed by atoms with van der Waals surface area (Å²) in [4.78, 5) is 11.9. The highest BCUT2D eigenvalue weighted by Crippen LogP contribution is 2.06. The molecule has 0 spiro atoms. The Kier molecular flexibility index (Phi) is 1.77. The van der Waals surface area contributed by atoms with E-state index >= 15 is 0 Å². The van der Waals surface area contributed by atoms with Crippen molar-refractivity contribution in [1.82, 2.24) is 4.98 Å². The highest BCUT2D eigenvalue weighted by molar-refractivity contribution is 7.86. The molecule has 0 atom stereocenters. The van der Waals surface area contributed by atoms with Crippen molar-refractivity contribution in [3.63, 3.8) is 0 Å². The first-order valence-electron chi connectivity index (χ1n) is 2.63. The predicted octanol–water partition coefficient (Wildman–Crippen LogP) is 0.0331. The summed E-state index contributed by atoms with van der Waals surface area (Å²) < 4.78 is 32.4. The third-order valence-electron chi connectivity index (χ3n) is 1.04. The van der Waals surface area contributed by atoms with Crippen LogP contribution in [-0.2, 0) is 10.2 Å². The average molecular weight is 177 g/mol. The van der Waals surface area contributed by atoms with Crippen LogP contribution in [0, 0.1) is 0 Å². The van der Waals surface area contributed by atoms with Crippen molar-refractivity contribution in [2.45, 2.75) is 4.90 Å². The zero-order valence-electron chi connectivity index (χ0n) is 5.24. The maximum atomic E-state index is 12.1. The number of halogens is 1. The van der Waals surface area contributed by atoms with Gasteiger partial charge in [0.05, 0.1) is 0 Å². The monoisotopic (exact) mass is 177 g/mol. The van der Waals surface area contributed by atoms with Gasteiger partial charge in [0.15, 0.2) is 0 Å². The molecule has 60 valence electrons. The molecule has 0 aliphatic carbocycles. The van der Waals surface area contributed by atoms with Gasteiger partial charge in [0, 0.05) is 12.3 Å². The Morgan fingerprint density at radius 3 is 2.36 bits per heavy atom. The summed E-state index contributed by atoms with van der Waals surface area (Å²) in [6, 6.07) is 1.83. The fraction of sp³-hybridized carbons (Fsp3) is 0. The number of pyridine rings is 1. The fourth-order valence-electron chi connectivity index (χ4n) is 0.548. The topological polar surface area (TPSA) is 67.0 Å². The quantitative estimate of drug-likeness (QED) is 0.615. The number of aromatic amines is 1. The van der Waals surface area contributed by atoms with Gasteiger partial charge in [-0.1, -0.05) is 0 Å². The van der Waals surface area contributed by atoms with E-state index in [0.717, 1.165) is 18.3 Å². The Balaban J connectivity index is 3.31. The maximum absolute atomic E-state index is 12.1. The van der Waals surface area contributed by atoms with Gasteiger partial charge in [-0.25, -0.2) is 0 Å². The molecule has 0 unspecified atom stereocenters. The van der Waals surface area contributed by atoms with Crippen LogP contribution >= 0.6 is 0 Å². The van der Waals surface area contributed by atoms with Crippen LogP contribution in [0.1, 0.15) is 0 Å². The number of aromatic nitrogens is 1. The Bertz CT molecular complexity index is 387. The molecule has 1 rings (SSSR count). The van der Waals surface area contributed by atoms with Gasteiger partial charge >= 0.3 is 10.2 Å². The second kappa shape index (κ2) is 2.46. The van der Waals surface area contributed by atoms with Crippen molar-refractivity contribution in [3.8, 4) is 0 Å². The van der Waals surface area contributed by atoms with E-state index < -0.39 is 20.7 Å². The molecule has 0 aromatic carbocycles. The Hall–Kier alpha value is -1.17. The van der Waals surface area contributed by atoms with E-state index in [1.165, 1.54) is 0 Å². The summed E-state index contributed by atoms with van der Waals surface area (Å²) in [5.74, 6) is 0. The van der Waals surface area contributed by atoms with Gasteiger partial charge in [0.25, 0.3) is 0 Å². The van der Waals surface area contributed by atoms with E-state index in [-0.39, 0.29) is 0 Å². The first kappa shape index (κ1) is 7.93. The first-order valence-corrected chi connectivity index (χ1v) is 4.02. The lowest BCUT2D eigenvalue weighted by atomic mass is 10.5. The molecule has 1 N–H and O–H groups in total. The summed E-state index contributed by atoms with van der Waals surface area (Å²) in [6.07, 6.45) is 0.803. The van der Waals surface area contributed by atoms with E-state index in [1.54, 1.807) is 0 Å². The summed E-state index contributed by atoms with van der Waals surface area (Å²) in [6.45, 7) is 0. The van der Waals surface area contributed by atoms with Crippen molar-refractivity contribution < 1.29 is 12.3 Å². The van der Waals surface area contributed by atoms with Crippen molar-refractivity contribution in [2.24, 2.45) is 0 Å². The minimum Gasteiger partial charge on any atom is -0.328 e. The van der Waals surface area contributed by atoms with E-state index in [4.69, 9.17) is 0 Å². The highest BCUT2D eigenvalue weighted by atomic mass is 32.3. The van der Waals surface area contributed by atoms with Crippen LogP contribution in [0.3, 0.4) is 0 Å². The summed E-state index contributed by atoms with van der Waals surface area (Å²) in [7, 11) is -4.69. The minimum absolute atomic E-state index is 0.475. The lowest BCUT2D eigenvalue weighted by molar-refractivity contribution is 0.551. The molecule has 1 heterocycles. The molecular formula is C5H4FNO3S. The molecule has 6 heteroatoms. The van der Waals surface area contributed by atoms with Gasteiger partial charge in [0.1, 0.15) is 4.90 Å². The van der Waals surface area contributed by atoms with Crippen molar-refractivity contribution in [2.75, 3.05) is 0 Å². The Labute approximate surface area is 61.9 Å². The Morgan fingerprint density at radius 2 is 2.00 bits per heavy atom. The molecule has 1 aromatic heterocycles. The van der Waals surface area contributed by atoms with Crippen LogP contribution in [0.4, 0.5) is 3.89 Å². The standard InChI is InChI=1S/C5H4FNO3S/c6-11(9,10)4-1-2-5(8)7-3-4/h1-3H,(H,7,8). The molecule has 0 saturated heterocycles. The van der Waals surface area contributed by atoms with E-state index in [0.29, 0.717) is 0 Å². The van der Waals surface area contributed by atoms with Crippen molar-refractivity contribution >= 4 is 10.2 Å². The van der Waals surface area contributed by atoms with Gasteiger partial charge in [-0.15, -0.1) is 3.89 Å². The van der Waals surface area contributed by atoms with Gasteiger partial charge in [-0.2, -0.15) is 8.42 Å². The van der Waals surface area contributed by atoms with E-state index in [1.807, 2.05) is 4.98 Å². The maximum Gasteiger partial charge on any atom is 0.333 e. The lowest BCUT2D eigenvalue weighted by Gasteiger charge is -1.90. The molecule has 0 fully saturated rings. The van der Waals surface area contributed by atoms with Crippen molar-refractivity contribution in [1.29, 1.82) is 0 Å². The molecular weight excluding hydrogens is 173 g/mol. The SMILES string of the molecule is O=c1ccc(S(=O)(=O)F)c[nH]1. The second-order valence-corrected chi connectivity index (χ2v) is 3.17. The third-order valence-corrected chi connectivity index (χ3v) is 1.85. The van der Waals surface area contributed by atoms with Crippen LogP contribution in [0.15, 0.2) is 28.0 Å². The molecule has 0 aliphatic rings. The van der Waals surface area contributed by atoms with Crippen molar-refractivity contribution in [3.05, 3.63) is 28.7 Å². The van der Waals surface area contributed by atoms with Crippen LogP contribution in [-0.4, -0.2) is 13.4 Å². The third kappa shape index (κ3) is 1.87. The zero-order chi connectivity index (χ0) is 8.48. The van der Waals surface area contributed by atoms with Gasteiger partial charge in [0.2, 0.25) is 5.56 Å². The van der Waals surface area contributed by atoms with Crippen LogP contribution < -0.4 is 5.56 Å². The minimum atomic E-state index is -4.69. The van der Waals surface area contributed by atoms with Crippen LogP contribution in [0.25, 0.3) is 0 Å². The van der Waals surface area contributed by atoms with Gasteiger partial charge in [-0.05, 0) is 6.07 Å². The second-order valence-electron chi connectivity index (χ2n) is 1.83. The zero-order valence-corrected chi connectivity index (χ0v) is 6.06. The smallest absolute Gasteiger partial charge is 0.328 e.